The molecule has 31 heavy (non-hydrogen) atoms. The average Bonchev–Trinajstić information content (AvgIpc) is 2.77. The van der Waals surface area contributed by atoms with E-state index in [4.69, 9.17) is 0 Å². The van der Waals surface area contributed by atoms with Gasteiger partial charge in [0.05, 0.1) is 17.8 Å². The Morgan fingerprint density at radius 1 is 0.742 bits per heavy atom. The number of carbonyl (C=O) groups excluding carboxylic acids is 1. The summed E-state index contributed by atoms with van der Waals surface area (Å²) in [5.41, 5.74) is 3.75. The van der Waals surface area contributed by atoms with E-state index in [1.54, 1.807) is 66.9 Å². The predicted octanol–water partition coefficient (Wildman–Crippen LogP) is 2.98. The molecule has 0 fully saturated rings. The molecular formula is C24H21N3O4. The first kappa shape index (κ1) is 19.9. The van der Waals surface area contributed by atoms with Crippen molar-refractivity contribution in [1.82, 2.24) is 16.0 Å². The standard InChI is InChI=1S/C24H21N3O4/c28-18-7-1-15(2-8-18)13-22(31)27-24-23(17-5-11-20(30)12-6-17)26-21(14-25-24)16-3-9-19(29)10-4-16/h1-12,14,25-26,28-30H,13H2,(H,27,31). The van der Waals surface area contributed by atoms with Gasteiger partial charge in [0.25, 0.3) is 0 Å². The summed E-state index contributed by atoms with van der Waals surface area (Å²) >= 11 is 0. The van der Waals surface area contributed by atoms with Crippen molar-refractivity contribution in [3.8, 4) is 17.2 Å². The largest absolute Gasteiger partial charge is 0.508 e. The number of phenols is 3. The maximum Gasteiger partial charge on any atom is 0.229 e. The van der Waals surface area contributed by atoms with E-state index in [-0.39, 0.29) is 29.6 Å². The van der Waals surface area contributed by atoms with Gasteiger partial charge in [-0.2, -0.15) is 0 Å². The Bertz CT molecular complexity index is 1150. The molecule has 7 nitrogen and oxygen atoms in total. The zero-order valence-corrected chi connectivity index (χ0v) is 16.5. The van der Waals surface area contributed by atoms with Gasteiger partial charge in [-0.15, -0.1) is 0 Å². The van der Waals surface area contributed by atoms with E-state index in [0.29, 0.717) is 11.5 Å². The first-order valence-corrected chi connectivity index (χ1v) is 9.62. The number of benzene rings is 3. The maximum atomic E-state index is 12.6. The average molecular weight is 415 g/mol. The summed E-state index contributed by atoms with van der Waals surface area (Å²) in [6, 6.07) is 19.8. The van der Waals surface area contributed by atoms with Crippen molar-refractivity contribution in [2.75, 3.05) is 0 Å². The number of phenolic OH excluding ortho intramolecular Hbond substituents is 3. The molecule has 1 aliphatic rings. The fourth-order valence-corrected chi connectivity index (χ4v) is 3.17. The highest BCUT2D eigenvalue weighted by Gasteiger charge is 2.19. The number of amides is 1. The molecule has 1 amide bonds. The van der Waals surface area contributed by atoms with E-state index in [9.17, 15) is 20.1 Å². The summed E-state index contributed by atoms with van der Waals surface area (Å²) in [5, 5.41) is 37.9. The zero-order valence-electron chi connectivity index (χ0n) is 16.5. The second kappa shape index (κ2) is 8.54. The Labute approximate surface area is 179 Å². The van der Waals surface area contributed by atoms with Crippen LogP contribution in [0.15, 0.2) is 84.8 Å². The number of nitrogens with one attached hydrogen (secondary N) is 3. The number of rotatable bonds is 5. The van der Waals surface area contributed by atoms with E-state index in [0.717, 1.165) is 22.4 Å². The quantitative estimate of drug-likeness (QED) is 0.382. The lowest BCUT2D eigenvalue weighted by atomic mass is 10.1. The Hall–Kier alpha value is -4.39. The molecule has 1 aliphatic heterocycles. The van der Waals surface area contributed by atoms with Crippen molar-refractivity contribution in [2.24, 2.45) is 0 Å². The van der Waals surface area contributed by atoms with Gasteiger partial charge in [-0.05, 0) is 71.8 Å². The number of carbonyl (C=O) groups is 1. The molecule has 6 N–H and O–H groups in total. The first-order chi connectivity index (χ1) is 15.0. The number of hydrogen-bond acceptors (Lipinski definition) is 6. The molecule has 0 atom stereocenters. The van der Waals surface area contributed by atoms with Crippen molar-refractivity contribution < 1.29 is 20.1 Å². The van der Waals surface area contributed by atoms with Gasteiger partial charge in [-0.1, -0.05) is 12.1 Å². The van der Waals surface area contributed by atoms with E-state index < -0.39 is 0 Å². The number of hydrogen-bond donors (Lipinski definition) is 6. The Balaban J connectivity index is 1.59. The summed E-state index contributed by atoms with van der Waals surface area (Å²) < 4.78 is 0. The smallest absolute Gasteiger partial charge is 0.229 e. The minimum absolute atomic E-state index is 0.139. The topological polar surface area (TPSA) is 114 Å². The first-order valence-electron chi connectivity index (χ1n) is 9.62. The zero-order chi connectivity index (χ0) is 21.8. The van der Waals surface area contributed by atoms with Crippen LogP contribution in [-0.2, 0) is 11.2 Å². The van der Waals surface area contributed by atoms with Crippen LogP contribution >= 0.6 is 0 Å². The van der Waals surface area contributed by atoms with Crippen LogP contribution in [0.3, 0.4) is 0 Å². The lowest BCUT2D eigenvalue weighted by Crippen LogP contribution is -2.36. The molecule has 3 aromatic rings. The van der Waals surface area contributed by atoms with Crippen molar-refractivity contribution >= 4 is 17.3 Å². The molecule has 0 radical (unpaired) electrons. The van der Waals surface area contributed by atoms with Crippen molar-refractivity contribution in [1.29, 1.82) is 0 Å². The summed E-state index contributed by atoms with van der Waals surface area (Å²) in [5.74, 6) is 0.696. The Morgan fingerprint density at radius 2 is 1.26 bits per heavy atom. The minimum atomic E-state index is -0.229. The molecule has 1 heterocycles. The van der Waals surface area contributed by atoms with Crippen LogP contribution in [0.4, 0.5) is 0 Å². The Kier molecular flexibility index (Phi) is 5.49. The molecule has 0 saturated carbocycles. The van der Waals surface area contributed by atoms with Gasteiger partial charge in [-0.3, -0.25) is 4.79 Å². The SMILES string of the molecule is O=C(Cc1ccc(O)cc1)NC1=C(c2ccc(O)cc2)NC(c2ccc(O)cc2)=CN1. The van der Waals surface area contributed by atoms with Crippen molar-refractivity contribution in [3.63, 3.8) is 0 Å². The summed E-state index contributed by atoms with van der Waals surface area (Å²) in [7, 11) is 0. The molecule has 0 aromatic heterocycles. The second-order valence-corrected chi connectivity index (χ2v) is 7.06. The van der Waals surface area contributed by atoms with Gasteiger partial charge in [0, 0.05) is 11.8 Å². The molecule has 0 unspecified atom stereocenters. The van der Waals surface area contributed by atoms with E-state index in [1.807, 2.05) is 0 Å². The third kappa shape index (κ3) is 4.79. The summed E-state index contributed by atoms with van der Waals surface area (Å²) in [4.78, 5) is 12.6. The molecular weight excluding hydrogens is 394 g/mol. The third-order valence-corrected chi connectivity index (χ3v) is 4.77. The van der Waals surface area contributed by atoms with E-state index in [1.165, 1.54) is 12.1 Å². The molecule has 4 rings (SSSR count). The van der Waals surface area contributed by atoms with Gasteiger partial charge in [-0.25, -0.2) is 0 Å². The van der Waals surface area contributed by atoms with Crippen LogP contribution < -0.4 is 16.0 Å². The highest BCUT2D eigenvalue weighted by molar-refractivity contribution is 5.86. The van der Waals surface area contributed by atoms with Gasteiger partial charge < -0.3 is 31.3 Å². The van der Waals surface area contributed by atoms with Gasteiger partial charge in [0.1, 0.15) is 23.1 Å². The van der Waals surface area contributed by atoms with Crippen LogP contribution in [0.5, 0.6) is 17.2 Å². The molecule has 7 heteroatoms. The van der Waals surface area contributed by atoms with Gasteiger partial charge in [0.15, 0.2) is 0 Å². The molecule has 0 spiro atoms. The normalized spacial score (nSPS) is 13.1. The lowest BCUT2D eigenvalue weighted by molar-refractivity contribution is -0.119. The number of aromatic hydroxyl groups is 3. The maximum absolute atomic E-state index is 12.6. The van der Waals surface area contributed by atoms with Crippen LogP contribution in [0, 0.1) is 0 Å². The summed E-state index contributed by atoms with van der Waals surface area (Å²) in [6.45, 7) is 0. The molecule has 0 bridgehead atoms. The van der Waals surface area contributed by atoms with Crippen LogP contribution in [0.2, 0.25) is 0 Å². The fraction of sp³-hybridized carbons (Fsp3) is 0.0417. The van der Waals surface area contributed by atoms with Crippen LogP contribution in [-0.4, -0.2) is 21.2 Å². The Morgan fingerprint density at radius 3 is 1.84 bits per heavy atom. The van der Waals surface area contributed by atoms with Gasteiger partial charge >= 0.3 is 0 Å². The highest BCUT2D eigenvalue weighted by Crippen LogP contribution is 2.25. The lowest BCUT2D eigenvalue weighted by Gasteiger charge is -2.25. The van der Waals surface area contributed by atoms with Gasteiger partial charge in [0.2, 0.25) is 5.91 Å². The van der Waals surface area contributed by atoms with Crippen molar-refractivity contribution in [2.45, 2.75) is 6.42 Å². The second-order valence-electron chi connectivity index (χ2n) is 7.06. The van der Waals surface area contributed by atoms with E-state index >= 15 is 0 Å². The molecule has 0 saturated heterocycles. The fourth-order valence-electron chi connectivity index (χ4n) is 3.17. The van der Waals surface area contributed by atoms with E-state index in [2.05, 4.69) is 16.0 Å². The third-order valence-electron chi connectivity index (χ3n) is 4.77. The summed E-state index contributed by atoms with van der Waals surface area (Å²) in [6.07, 6.45) is 1.87. The minimum Gasteiger partial charge on any atom is -0.508 e. The molecule has 156 valence electrons. The van der Waals surface area contributed by atoms with Crippen molar-refractivity contribution in [3.05, 3.63) is 102 Å². The predicted molar refractivity (Wildman–Crippen MR) is 117 cm³/mol. The highest BCUT2D eigenvalue weighted by atomic mass is 16.3. The molecule has 3 aromatic carbocycles. The van der Waals surface area contributed by atoms with Crippen LogP contribution in [0.25, 0.3) is 11.4 Å². The molecule has 0 aliphatic carbocycles. The monoisotopic (exact) mass is 415 g/mol. The van der Waals surface area contributed by atoms with Crippen LogP contribution in [0.1, 0.15) is 16.7 Å².